The predicted molar refractivity (Wildman–Crippen MR) is 63.2 cm³/mol. The molecule has 0 amide bonds. The van der Waals surface area contributed by atoms with Gasteiger partial charge in [0.05, 0.1) is 23.3 Å². The Morgan fingerprint density at radius 2 is 2.12 bits per heavy atom. The van der Waals surface area contributed by atoms with Gasteiger partial charge >= 0.3 is 5.97 Å². The standard InChI is InChI=1S/C12H15ClO3/c1-4-15-11-6-5-9(7-10(11)13)12(14)16-8(2)3/h5-8H,4H2,1-3H3. The molecule has 0 fully saturated rings. The molecule has 0 aromatic heterocycles. The van der Waals surface area contributed by atoms with Crippen molar-refractivity contribution in [2.45, 2.75) is 26.9 Å². The van der Waals surface area contributed by atoms with Crippen LogP contribution in [0.3, 0.4) is 0 Å². The van der Waals surface area contributed by atoms with E-state index in [0.29, 0.717) is 22.9 Å². The fourth-order valence-corrected chi connectivity index (χ4v) is 1.42. The average molecular weight is 243 g/mol. The number of ether oxygens (including phenoxy) is 2. The molecule has 1 aromatic carbocycles. The van der Waals surface area contributed by atoms with E-state index in [-0.39, 0.29) is 12.1 Å². The molecule has 0 spiro atoms. The third-order valence-electron chi connectivity index (χ3n) is 1.81. The van der Waals surface area contributed by atoms with Crippen LogP contribution in [0, 0.1) is 0 Å². The monoisotopic (exact) mass is 242 g/mol. The largest absolute Gasteiger partial charge is 0.492 e. The van der Waals surface area contributed by atoms with Crippen LogP contribution >= 0.6 is 11.6 Å². The summed E-state index contributed by atoms with van der Waals surface area (Å²) in [5.74, 6) is 0.199. The zero-order valence-electron chi connectivity index (χ0n) is 9.62. The second-order valence-corrected chi connectivity index (χ2v) is 3.94. The molecule has 0 saturated carbocycles. The number of esters is 1. The molecule has 0 saturated heterocycles. The molecule has 4 heteroatoms. The minimum absolute atomic E-state index is 0.141. The van der Waals surface area contributed by atoms with E-state index in [1.807, 2.05) is 6.92 Å². The molecule has 16 heavy (non-hydrogen) atoms. The van der Waals surface area contributed by atoms with Crippen LogP contribution in [0.25, 0.3) is 0 Å². The molecule has 0 unspecified atom stereocenters. The highest BCUT2D eigenvalue weighted by atomic mass is 35.5. The van der Waals surface area contributed by atoms with Crippen molar-refractivity contribution in [3.8, 4) is 5.75 Å². The Bertz CT molecular complexity index is 375. The molecular formula is C12H15ClO3. The van der Waals surface area contributed by atoms with Crippen molar-refractivity contribution in [3.05, 3.63) is 28.8 Å². The number of hydrogen-bond donors (Lipinski definition) is 0. The van der Waals surface area contributed by atoms with Crippen molar-refractivity contribution >= 4 is 17.6 Å². The maximum Gasteiger partial charge on any atom is 0.338 e. The molecule has 0 radical (unpaired) electrons. The van der Waals surface area contributed by atoms with Gasteiger partial charge in [0.15, 0.2) is 0 Å². The van der Waals surface area contributed by atoms with E-state index in [1.165, 1.54) is 0 Å². The van der Waals surface area contributed by atoms with Gasteiger partial charge in [0.2, 0.25) is 0 Å². The Labute approximate surface area is 100 Å². The summed E-state index contributed by atoms with van der Waals surface area (Å²) in [4.78, 5) is 11.6. The molecule has 0 aliphatic heterocycles. The highest BCUT2D eigenvalue weighted by Gasteiger charge is 2.11. The minimum Gasteiger partial charge on any atom is -0.492 e. The number of halogens is 1. The maximum absolute atomic E-state index is 11.6. The lowest BCUT2D eigenvalue weighted by molar-refractivity contribution is 0.0378. The predicted octanol–water partition coefficient (Wildman–Crippen LogP) is 3.30. The van der Waals surface area contributed by atoms with Crippen LogP contribution in [0.15, 0.2) is 18.2 Å². The molecular weight excluding hydrogens is 228 g/mol. The molecule has 0 heterocycles. The number of hydrogen-bond acceptors (Lipinski definition) is 3. The Morgan fingerprint density at radius 1 is 1.44 bits per heavy atom. The highest BCUT2D eigenvalue weighted by molar-refractivity contribution is 6.32. The van der Waals surface area contributed by atoms with Crippen molar-refractivity contribution in [2.24, 2.45) is 0 Å². The quantitative estimate of drug-likeness (QED) is 0.760. The summed E-state index contributed by atoms with van der Waals surface area (Å²) in [6.45, 7) is 6.01. The van der Waals surface area contributed by atoms with Gasteiger partial charge < -0.3 is 9.47 Å². The van der Waals surface area contributed by atoms with Crippen LogP contribution in [0.5, 0.6) is 5.75 Å². The Morgan fingerprint density at radius 3 is 2.62 bits per heavy atom. The molecule has 3 nitrogen and oxygen atoms in total. The number of carbonyl (C=O) groups is 1. The molecule has 0 aliphatic carbocycles. The van der Waals surface area contributed by atoms with Gasteiger partial charge in [0, 0.05) is 0 Å². The second-order valence-electron chi connectivity index (χ2n) is 3.53. The zero-order valence-corrected chi connectivity index (χ0v) is 10.4. The second kappa shape index (κ2) is 5.75. The third kappa shape index (κ3) is 3.42. The van der Waals surface area contributed by atoms with Gasteiger partial charge in [-0.1, -0.05) is 11.6 Å². The van der Waals surface area contributed by atoms with Gasteiger partial charge in [-0.15, -0.1) is 0 Å². The van der Waals surface area contributed by atoms with Gasteiger partial charge in [0.1, 0.15) is 5.75 Å². The summed E-state index contributed by atoms with van der Waals surface area (Å²) in [6, 6.07) is 4.86. The lowest BCUT2D eigenvalue weighted by atomic mass is 10.2. The zero-order chi connectivity index (χ0) is 12.1. The van der Waals surface area contributed by atoms with Crippen LogP contribution in [0.2, 0.25) is 5.02 Å². The van der Waals surface area contributed by atoms with Crippen molar-refractivity contribution in [1.82, 2.24) is 0 Å². The Hall–Kier alpha value is -1.22. The molecule has 0 aliphatic rings. The summed E-state index contributed by atoms with van der Waals surface area (Å²) in [6.07, 6.45) is -0.141. The van der Waals surface area contributed by atoms with E-state index in [9.17, 15) is 4.79 Å². The molecule has 1 rings (SSSR count). The van der Waals surface area contributed by atoms with E-state index in [2.05, 4.69) is 0 Å². The Kier molecular flexibility index (Phi) is 4.62. The van der Waals surface area contributed by atoms with E-state index in [4.69, 9.17) is 21.1 Å². The van der Waals surface area contributed by atoms with Gasteiger partial charge in [0.25, 0.3) is 0 Å². The summed E-state index contributed by atoms with van der Waals surface area (Å²) >= 11 is 5.96. The lowest BCUT2D eigenvalue weighted by Gasteiger charge is -2.09. The van der Waals surface area contributed by atoms with Crippen molar-refractivity contribution < 1.29 is 14.3 Å². The van der Waals surface area contributed by atoms with Gasteiger partial charge in [-0.2, -0.15) is 0 Å². The van der Waals surface area contributed by atoms with E-state index in [0.717, 1.165) is 0 Å². The topological polar surface area (TPSA) is 35.5 Å². The molecule has 0 bridgehead atoms. The van der Waals surface area contributed by atoms with Crippen molar-refractivity contribution in [1.29, 1.82) is 0 Å². The summed E-state index contributed by atoms with van der Waals surface area (Å²) in [7, 11) is 0. The van der Waals surface area contributed by atoms with E-state index >= 15 is 0 Å². The first-order chi connectivity index (χ1) is 7.54. The van der Waals surface area contributed by atoms with E-state index in [1.54, 1.807) is 32.0 Å². The average Bonchev–Trinajstić information content (AvgIpc) is 2.20. The first-order valence-electron chi connectivity index (χ1n) is 5.18. The van der Waals surface area contributed by atoms with Crippen LogP contribution in [0.4, 0.5) is 0 Å². The summed E-state index contributed by atoms with van der Waals surface area (Å²) < 4.78 is 10.3. The Balaban J connectivity index is 2.84. The first kappa shape index (κ1) is 12.8. The van der Waals surface area contributed by atoms with Gasteiger partial charge in [-0.05, 0) is 39.0 Å². The van der Waals surface area contributed by atoms with Crippen molar-refractivity contribution in [3.63, 3.8) is 0 Å². The lowest BCUT2D eigenvalue weighted by Crippen LogP contribution is -2.11. The molecule has 88 valence electrons. The highest BCUT2D eigenvalue weighted by Crippen LogP contribution is 2.25. The summed E-state index contributed by atoms with van der Waals surface area (Å²) in [5.41, 5.74) is 0.433. The molecule has 0 N–H and O–H groups in total. The number of carbonyl (C=O) groups excluding carboxylic acids is 1. The van der Waals surface area contributed by atoms with Crippen LogP contribution in [-0.2, 0) is 4.74 Å². The first-order valence-corrected chi connectivity index (χ1v) is 5.55. The van der Waals surface area contributed by atoms with Crippen LogP contribution in [0.1, 0.15) is 31.1 Å². The number of rotatable bonds is 4. The van der Waals surface area contributed by atoms with Gasteiger partial charge in [-0.3, -0.25) is 0 Å². The smallest absolute Gasteiger partial charge is 0.338 e. The number of benzene rings is 1. The van der Waals surface area contributed by atoms with Crippen molar-refractivity contribution in [2.75, 3.05) is 6.61 Å². The normalized spacial score (nSPS) is 10.3. The fraction of sp³-hybridized carbons (Fsp3) is 0.417. The van der Waals surface area contributed by atoms with Gasteiger partial charge in [-0.25, -0.2) is 4.79 Å². The fourth-order valence-electron chi connectivity index (χ4n) is 1.18. The van der Waals surface area contributed by atoms with E-state index < -0.39 is 0 Å². The molecule has 1 aromatic rings. The SMILES string of the molecule is CCOc1ccc(C(=O)OC(C)C)cc1Cl. The minimum atomic E-state index is -0.375. The van der Waals surface area contributed by atoms with Crippen LogP contribution < -0.4 is 4.74 Å². The maximum atomic E-state index is 11.6. The van der Waals surface area contributed by atoms with Crippen LogP contribution in [-0.4, -0.2) is 18.7 Å². The third-order valence-corrected chi connectivity index (χ3v) is 2.11. The molecule has 0 atom stereocenters. The summed E-state index contributed by atoms with van der Waals surface area (Å²) in [5, 5.41) is 0.417.